The lowest BCUT2D eigenvalue weighted by molar-refractivity contribution is 0.0979. The lowest BCUT2D eigenvalue weighted by atomic mass is 9.96. The van der Waals surface area contributed by atoms with Gasteiger partial charge in [-0.3, -0.25) is 4.79 Å². The molecule has 0 atom stereocenters. The molecule has 0 amide bonds. The standard InChI is InChI=1S/C16H11FN2O2/c17-10-3-1-9(2-4-10)13-11-6-8-21-16(11)19-14-12(20)5-7-18-15(13)14/h1-4,6,8,18H,5,7H2. The highest BCUT2D eigenvalue weighted by atomic mass is 19.1. The van der Waals surface area contributed by atoms with E-state index >= 15 is 0 Å². The van der Waals surface area contributed by atoms with Crippen LogP contribution in [0, 0.1) is 5.82 Å². The number of carbonyl (C=O) groups is 1. The second kappa shape index (κ2) is 4.41. The summed E-state index contributed by atoms with van der Waals surface area (Å²) in [6.07, 6.45) is 1.95. The van der Waals surface area contributed by atoms with Crippen molar-refractivity contribution in [3.8, 4) is 11.1 Å². The molecule has 0 fully saturated rings. The molecule has 0 radical (unpaired) electrons. The number of Topliss-reactive ketones (excluding diaryl/α,β-unsaturated/α-hetero) is 1. The zero-order valence-electron chi connectivity index (χ0n) is 11.0. The Morgan fingerprint density at radius 1 is 1.19 bits per heavy atom. The van der Waals surface area contributed by atoms with E-state index in [0.717, 1.165) is 16.5 Å². The SMILES string of the molecule is O=C1CCNc2c1nc1occc1c2-c1ccc(F)cc1. The number of hydrogen-bond acceptors (Lipinski definition) is 4. The van der Waals surface area contributed by atoms with E-state index in [1.54, 1.807) is 18.4 Å². The van der Waals surface area contributed by atoms with Gasteiger partial charge in [-0.15, -0.1) is 0 Å². The van der Waals surface area contributed by atoms with Gasteiger partial charge in [0.05, 0.1) is 17.3 Å². The molecule has 1 aliphatic heterocycles. The molecule has 5 heteroatoms. The van der Waals surface area contributed by atoms with E-state index < -0.39 is 0 Å². The van der Waals surface area contributed by atoms with Crippen LogP contribution in [-0.2, 0) is 0 Å². The summed E-state index contributed by atoms with van der Waals surface area (Å²) < 4.78 is 18.5. The zero-order chi connectivity index (χ0) is 14.4. The van der Waals surface area contributed by atoms with E-state index in [4.69, 9.17) is 4.42 Å². The molecular formula is C16H11FN2O2. The highest BCUT2D eigenvalue weighted by molar-refractivity contribution is 6.10. The monoisotopic (exact) mass is 282 g/mol. The zero-order valence-corrected chi connectivity index (χ0v) is 11.0. The number of anilines is 1. The predicted octanol–water partition coefficient (Wildman–Crippen LogP) is 3.63. The van der Waals surface area contributed by atoms with Crippen LogP contribution < -0.4 is 5.32 Å². The fraction of sp³-hybridized carbons (Fsp3) is 0.125. The van der Waals surface area contributed by atoms with Crippen molar-refractivity contribution in [2.75, 3.05) is 11.9 Å². The van der Waals surface area contributed by atoms with Crippen LogP contribution in [-0.4, -0.2) is 17.3 Å². The molecule has 1 aromatic carbocycles. The molecule has 21 heavy (non-hydrogen) atoms. The van der Waals surface area contributed by atoms with Crippen LogP contribution in [0.5, 0.6) is 0 Å². The molecule has 0 saturated carbocycles. The number of aromatic nitrogens is 1. The average molecular weight is 282 g/mol. The Kier molecular flexibility index (Phi) is 2.54. The quantitative estimate of drug-likeness (QED) is 0.740. The molecule has 0 saturated heterocycles. The summed E-state index contributed by atoms with van der Waals surface area (Å²) in [4.78, 5) is 16.4. The Hall–Kier alpha value is -2.69. The first-order chi connectivity index (χ1) is 10.2. The van der Waals surface area contributed by atoms with Gasteiger partial charge >= 0.3 is 0 Å². The minimum atomic E-state index is -0.297. The Morgan fingerprint density at radius 2 is 2.00 bits per heavy atom. The third-order valence-corrected chi connectivity index (χ3v) is 3.67. The average Bonchev–Trinajstić information content (AvgIpc) is 2.95. The maximum atomic E-state index is 13.2. The number of fused-ring (bicyclic) bond motifs is 2. The summed E-state index contributed by atoms with van der Waals surface area (Å²) in [5, 5.41) is 4.05. The van der Waals surface area contributed by atoms with Gasteiger partial charge in [0.15, 0.2) is 5.78 Å². The Bertz CT molecular complexity index is 853. The lowest BCUT2D eigenvalue weighted by Crippen LogP contribution is -2.20. The molecule has 0 unspecified atom stereocenters. The molecule has 4 nitrogen and oxygen atoms in total. The van der Waals surface area contributed by atoms with Gasteiger partial charge in [0.25, 0.3) is 0 Å². The molecule has 104 valence electrons. The predicted molar refractivity (Wildman–Crippen MR) is 76.8 cm³/mol. The number of ketones is 1. The van der Waals surface area contributed by atoms with Gasteiger partial charge < -0.3 is 9.73 Å². The van der Waals surface area contributed by atoms with Crippen LogP contribution in [0.4, 0.5) is 10.1 Å². The number of nitrogens with zero attached hydrogens (tertiary/aromatic N) is 1. The summed E-state index contributed by atoms with van der Waals surface area (Å²) in [5.74, 6) is -0.306. The molecule has 1 aliphatic rings. The number of furan rings is 1. The van der Waals surface area contributed by atoms with Gasteiger partial charge in [-0.05, 0) is 23.8 Å². The first kappa shape index (κ1) is 12.1. The maximum absolute atomic E-state index is 13.2. The van der Waals surface area contributed by atoms with E-state index in [-0.39, 0.29) is 11.6 Å². The fourth-order valence-electron chi connectivity index (χ4n) is 2.70. The molecule has 0 bridgehead atoms. The highest BCUT2D eigenvalue weighted by Gasteiger charge is 2.25. The summed E-state index contributed by atoms with van der Waals surface area (Å²) in [6, 6.07) is 8.00. The van der Waals surface area contributed by atoms with Crippen LogP contribution in [0.25, 0.3) is 22.2 Å². The number of halogens is 1. The topological polar surface area (TPSA) is 55.1 Å². The Labute approximate surface area is 119 Å². The van der Waals surface area contributed by atoms with Gasteiger partial charge in [0.2, 0.25) is 5.71 Å². The fourth-order valence-corrected chi connectivity index (χ4v) is 2.70. The summed E-state index contributed by atoms with van der Waals surface area (Å²) in [5.41, 5.74) is 3.17. The van der Waals surface area contributed by atoms with Crippen LogP contribution in [0.2, 0.25) is 0 Å². The van der Waals surface area contributed by atoms with Gasteiger partial charge in [0, 0.05) is 18.5 Å². The van der Waals surface area contributed by atoms with Gasteiger partial charge in [-0.1, -0.05) is 12.1 Å². The minimum absolute atomic E-state index is 0.00888. The van der Waals surface area contributed by atoms with Crippen molar-refractivity contribution in [2.45, 2.75) is 6.42 Å². The third kappa shape index (κ3) is 1.81. The summed E-state index contributed by atoms with van der Waals surface area (Å²) in [6.45, 7) is 0.574. The second-order valence-corrected chi connectivity index (χ2v) is 4.96. The van der Waals surface area contributed by atoms with E-state index in [2.05, 4.69) is 10.3 Å². The maximum Gasteiger partial charge on any atom is 0.227 e. The number of nitrogens with one attached hydrogen (secondary N) is 1. The van der Waals surface area contributed by atoms with Crippen molar-refractivity contribution in [2.24, 2.45) is 0 Å². The number of carbonyl (C=O) groups excluding carboxylic acids is 1. The molecule has 1 N–H and O–H groups in total. The van der Waals surface area contributed by atoms with Crippen LogP contribution in [0.3, 0.4) is 0 Å². The van der Waals surface area contributed by atoms with Gasteiger partial charge in [-0.25, -0.2) is 9.37 Å². The summed E-state index contributed by atoms with van der Waals surface area (Å²) >= 11 is 0. The molecule has 0 aliphatic carbocycles. The molecule has 3 heterocycles. The van der Waals surface area contributed by atoms with E-state index in [9.17, 15) is 9.18 Å². The van der Waals surface area contributed by atoms with Crippen molar-refractivity contribution >= 4 is 22.6 Å². The number of rotatable bonds is 1. The number of benzene rings is 1. The van der Waals surface area contributed by atoms with Crippen molar-refractivity contribution in [1.29, 1.82) is 0 Å². The largest absolute Gasteiger partial charge is 0.446 e. The van der Waals surface area contributed by atoms with E-state index in [1.165, 1.54) is 12.1 Å². The first-order valence-electron chi connectivity index (χ1n) is 6.68. The van der Waals surface area contributed by atoms with Crippen molar-refractivity contribution in [1.82, 2.24) is 4.98 Å². The Morgan fingerprint density at radius 3 is 2.81 bits per heavy atom. The third-order valence-electron chi connectivity index (χ3n) is 3.67. The van der Waals surface area contributed by atoms with E-state index in [1.807, 2.05) is 6.07 Å². The summed E-state index contributed by atoms with van der Waals surface area (Å²) in [7, 11) is 0. The number of pyridine rings is 1. The molecule has 4 rings (SSSR count). The lowest BCUT2D eigenvalue weighted by Gasteiger charge is -2.20. The normalized spacial score (nSPS) is 14.0. The minimum Gasteiger partial charge on any atom is -0.446 e. The smallest absolute Gasteiger partial charge is 0.227 e. The molecule has 2 aromatic heterocycles. The second-order valence-electron chi connectivity index (χ2n) is 4.96. The van der Waals surface area contributed by atoms with Gasteiger partial charge in [-0.2, -0.15) is 0 Å². The highest BCUT2D eigenvalue weighted by Crippen LogP contribution is 2.39. The number of hydrogen-bond donors (Lipinski definition) is 1. The van der Waals surface area contributed by atoms with Crippen LogP contribution in [0.15, 0.2) is 41.0 Å². The first-order valence-corrected chi connectivity index (χ1v) is 6.68. The van der Waals surface area contributed by atoms with Crippen molar-refractivity contribution in [3.63, 3.8) is 0 Å². The van der Waals surface area contributed by atoms with Crippen LogP contribution in [0.1, 0.15) is 16.9 Å². The molecular weight excluding hydrogens is 271 g/mol. The van der Waals surface area contributed by atoms with Crippen molar-refractivity contribution in [3.05, 3.63) is 48.1 Å². The van der Waals surface area contributed by atoms with Crippen LogP contribution >= 0.6 is 0 Å². The Balaban J connectivity index is 2.08. The van der Waals surface area contributed by atoms with E-state index in [0.29, 0.717) is 30.1 Å². The van der Waals surface area contributed by atoms with Gasteiger partial charge in [0.1, 0.15) is 11.5 Å². The molecule has 3 aromatic rings. The molecule has 0 spiro atoms. The van der Waals surface area contributed by atoms with Crippen molar-refractivity contribution < 1.29 is 13.6 Å².